The van der Waals surface area contributed by atoms with E-state index in [0.717, 1.165) is 36.5 Å². The van der Waals surface area contributed by atoms with Crippen LogP contribution in [0.25, 0.3) is 0 Å². The molecule has 3 aliphatic carbocycles. The SMILES string of the molecule is CCn1nc(C)c(NC(=O)[C@@H]2C[C@H]3CC[C@H]2C[C@@]32NC(=O)c3ccc(OC)cc3O2)c1C. The highest BCUT2D eigenvalue weighted by Gasteiger charge is 2.57. The van der Waals surface area contributed by atoms with Gasteiger partial charge in [-0.05, 0) is 58.1 Å². The first-order chi connectivity index (χ1) is 15.3. The predicted octanol–water partition coefficient (Wildman–Crippen LogP) is 3.42. The molecule has 170 valence electrons. The molecule has 2 amide bonds. The van der Waals surface area contributed by atoms with Crippen LogP contribution in [0.5, 0.6) is 11.5 Å². The molecule has 1 aromatic carbocycles. The Hall–Kier alpha value is -3.03. The minimum atomic E-state index is -0.755. The average Bonchev–Trinajstić information content (AvgIpc) is 3.06. The van der Waals surface area contributed by atoms with E-state index in [-0.39, 0.29) is 29.6 Å². The standard InChI is InChI=1S/C24H30N4O4/c1-5-28-14(3)21(13(2)27-28)25-22(29)19-10-16-7-6-15(19)12-24(16)26-23(30)18-9-8-17(31-4)11-20(18)32-24/h8-9,11,15-16,19H,5-7,10,12H2,1-4H3,(H,25,29)(H,26,30)/t15-,16+,19+,24-/m0/s1. The highest BCUT2D eigenvalue weighted by Crippen LogP contribution is 2.53. The van der Waals surface area contributed by atoms with Gasteiger partial charge in [0.05, 0.1) is 29.7 Å². The third kappa shape index (κ3) is 3.15. The van der Waals surface area contributed by atoms with Crippen LogP contribution in [0.3, 0.4) is 0 Å². The van der Waals surface area contributed by atoms with Gasteiger partial charge in [-0.25, -0.2) is 0 Å². The van der Waals surface area contributed by atoms with E-state index in [9.17, 15) is 9.59 Å². The zero-order valence-electron chi connectivity index (χ0n) is 19.0. The number of aromatic nitrogens is 2. The van der Waals surface area contributed by atoms with Crippen LogP contribution in [-0.2, 0) is 11.3 Å². The normalized spacial score (nSPS) is 28.1. The van der Waals surface area contributed by atoms with Gasteiger partial charge in [0.2, 0.25) is 5.91 Å². The number of hydrogen-bond acceptors (Lipinski definition) is 5. The Labute approximate surface area is 187 Å². The summed E-state index contributed by atoms with van der Waals surface area (Å²) in [6, 6.07) is 5.27. The zero-order valence-corrected chi connectivity index (χ0v) is 19.0. The fourth-order valence-electron chi connectivity index (χ4n) is 5.84. The number of carbonyl (C=O) groups is 2. The first-order valence-electron chi connectivity index (χ1n) is 11.4. The van der Waals surface area contributed by atoms with Gasteiger partial charge in [-0.2, -0.15) is 5.10 Å². The van der Waals surface area contributed by atoms with Gasteiger partial charge in [-0.1, -0.05) is 0 Å². The molecule has 1 aromatic heterocycles. The minimum Gasteiger partial charge on any atom is -0.497 e. The zero-order chi connectivity index (χ0) is 22.6. The molecular formula is C24H30N4O4. The summed E-state index contributed by atoms with van der Waals surface area (Å²) in [6.07, 6.45) is 3.21. The number of nitrogens with zero attached hydrogens (tertiary/aromatic N) is 2. The second-order valence-electron chi connectivity index (χ2n) is 9.24. The van der Waals surface area contributed by atoms with Crippen molar-refractivity contribution in [3.63, 3.8) is 0 Å². The van der Waals surface area contributed by atoms with Crippen molar-refractivity contribution >= 4 is 17.5 Å². The molecule has 0 unspecified atom stereocenters. The van der Waals surface area contributed by atoms with E-state index < -0.39 is 5.72 Å². The number of nitrogens with one attached hydrogen (secondary N) is 2. The molecule has 6 rings (SSSR count). The lowest BCUT2D eigenvalue weighted by Crippen LogP contribution is -2.66. The lowest BCUT2D eigenvalue weighted by molar-refractivity contribution is -0.142. The van der Waals surface area contributed by atoms with Crippen LogP contribution in [0.15, 0.2) is 18.2 Å². The lowest BCUT2D eigenvalue weighted by atomic mass is 9.60. The monoisotopic (exact) mass is 438 g/mol. The quantitative estimate of drug-likeness (QED) is 0.763. The summed E-state index contributed by atoms with van der Waals surface area (Å²) in [5.41, 5.74) is 2.39. The molecule has 32 heavy (non-hydrogen) atoms. The fraction of sp³-hybridized carbons (Fsp3) is 0.542. The molecule has 1 aliphatic heterocycles. The number of hydrogen-bond donors (Lipinski definition) is 2. The predicted molar refractivity (Wildman–Crippen MR) is 119 cm³/mol. The van der Waals surface area contributed by atoms with Gasteiger partial charge in [0.25, 0.3) is 5.91 Å². The molecule has 4 atom stereocenters. The maximum Gasteiger partial charge on any atom is 0.258 e. The van der Waals surface area contributed by atoms with Gasteiger partial charge in [0, 0.05) is 30.9 Å². The number of carbonyl (C=O) groups excluding carboxylic acids is 2. The summed E-state index contributed by atoms with van der Waals surface area (Å²) in [7, 11) is 1.60. The maximum atomic E-state index is 13.3. The summed E-state index contributed by atoms with van der Waals surface area (Å²) in [6.45, 7) is 6.71. The number of fused-ring (bicyclic) bond motifs is 3. The largest absolute Gasteiger partial charge is 0.497 e. The molecule has 2 aromatic rings. The summed E-state index contributed by atoms with van der Waals surface area (Å²) >= 11 is 0. The lowest BCUT2D eigenvalue weighted by Gasteiger charge is -2.55. The third-order valence-electron chi connectivity index (χ3n) is 7.53. The number of amides is 2. The molecule has 1 spiro atoms. The van der Waals surface area contributed by atoms with Crippen molar-refractivity contribution in [2.24, 2.45) is 17.8 Å². The average molecular weight is 439 g/mol. The maximum absolute atomic E-state index is 13.3. The van der Waals surface area contributed by atoms with Crippen molar-refractivity contribution in [1.29, 1.82) is 0 Å². The topological polar surface area (TPSA) is 94.5 Å². The van der Waals surface area contributed by atoms with E-state index in [1.807, 2.05) is 25.5 Å². The second kappa shape index (κ2) is 7.53. The Bertz CT molecular complexity index is 1090. The van der Waals surface area contributed by atoms with Crippen molar-refractivity contribution in [2.75, 3.05) is 12.4 Å². The van der Waals surface area contributed by atoms with Crippen molar-refractivity contribution in [1.82, 2.24) is 15.1 Å². The fourth-order valence-corrected chi connectivity index (χ4v) is 5.84. The highest BCUT2D eigenvalue weighted by atomic mass is 16.5. The molecule has 0 saturated heterocycles. The summed E-state index contributed by atoms with van der Waals surface area (Å²) in [5, 5.41) is 10.8. The summed E-state index contributed by atoms with van der Waals surface area (Å²) < 4.78 is 13.7. The number of rotatable bonds is 4. The minimum absolute atomic E-state index is 0.0422. The van der Waals surface area contributed by atoms with Crippen LogP contribution in [0, 0.1) is 31.6 Å². The smallest absolute Gasteiger partial charge is 0.258 e. The van der Waals surface area contributed by atoms with Crippen LogP contribution in [-0.4, -0.2) is 34.4 Å². The van der Waals surface area contributed by atoms with E-state index in [1.54, 1.807) is 25.3 Å². The summed E-state index contributed by atoms with van der Waals surface area (Å²) in [4.78, 5) is 26.2. The van der Waals surface area contributed by atoms with Gasteiger partial charge in [-0.15, -0.1) is 0 Å². The number of methoxy groups -OCH3 is 1. The third-order valence-corrected chi connectivity index (χ3v) is 7.53. The Morgan fingerprint density at radius 3 is 2.84 bits per heavy atom. The van der Waals surface area contributed by atoms with E-state index in [1.165, 1.54) is 0 Å². The van der Waals surface area contributed by atoms with Crippen LogP contribution in [0.2, 0.25) is 0 Å². The van der Waals surface area contributed by atoms with Gasteiger partial charge in [0.15, 0.2) is 5.72 Å². The molecule has 3 saturated carbocycles. The number of ether oxygens (including phenoxy) is 2. The van der Waals surface area contributed by atoms with Gasteiger partial charge in [0.1, 0.15) is 11.5 Å². The number of anilines is 1. The van der Waals surface area contributed by atoms with E-state index in [2.05, 4.69) is 15.7 Å². The summed E-state index contributed by atoms with van der Waals surface area (Å²) in [5.74, 6) is 1.25. The molecule has 0 radical (unpaired) electrons. The molecule has 2 N–H and O–H groups in total. The van der Waals surface area contributed by atoms with Crippen LogP contribution in [0.4, 0.5) is 5.69 Å². The Balaban J connectivity index is 1.36. The van der Waals surface area contributed by atoms with Crippen molar-refractivity contribution in [3.05, 3.63) is 35.2 Å². The Morgan fingerprint density at radius 2 is 2.19 bits per heavy atom. The highest BCUT2D eigenvalue weighted by molar-refractivity contribution is 5.99. The Morgan fingerprint density at radius 1 is 1.38 bits per heavy atom. The molecule has 2 heterocycles. The molecule has 8 nitrogen and oxygen atoms in total. The van der Waals surface area contributed by atoms with E-state index in [0.29, 0.717) is 29.9 Å². The van der Waals surface area contributed by atoms with Crippen molar-refractivity contribution in [2.45, 2.75) is 58.7 Å². The van der Waals surface area contributed by atoms with Crippen LogP contribution >= 0.6 is 0 Å². The molecule has 4 aliphatic rings. The van der Waals surface area contributed by atoms with E-state index >= 15 is 0 Å². The Kier molecular flexibility index (Phi) is 4.91. The molecule has 2 bridgehead atoms. The molecule has 8 heteroatoms. The van der Waals surface area contributed by atoms with Crippen molar-refractivity contribution in [3.8, 4) is 11.5 Å². The first kappa shape index (κ1) is 20.8. The second-order valence-corrected chi connectivity index (χ2v) is 9.24. The molecular weight excluding hydrogens is 408 g/mol. The van der Waals surface area contributed by atoms with Gasteiger partial charge < -0.3 is 20.1 Å². The van der Waals surface area contributed by atoms with E-state index in [4.69, 9.17) is 9.47 Å². The number of aryl methyl sites for hydroxylation is 2. The van der Waals surface area contributed by atoms with Crippen molar-refractivity contribution < 1.29 is 19.1 Å². The van der Waals surface area contributed by atoms with Gasteiger partial charge >= 0.3 is 0 Å². The van der Waals surface area contributed by atoms with Crippen LogP contribution < -0.4 is 20.1 Å². The van der Waals surface area contributed by atoms with Gasteiger partial charge in [-0.3, -0.25) is 14.3 Å². The number of benzene rings is 1. The molecule has 3 fully saturated rings. The van der Waals surface area contributed by atoms with Crippen LogP contribution in [0.1, 0.15) is 54.4 Å². The first-order valence-corrected chi connectivity index (χ1v) is 11.4.